The Kier molecular flexibility index (Phi) is 7.00. The number of benzene rings is 1. The highest BCUT2D eigenvalue weighted by Gasteiger charge is 2.19. The summed E-state index contributed by atoms with van der Waals surface area (Å²) < 4.78 is 5.55. The van der Waals surface area contributed by atoms with Crippen molar-refractivity contribution in [1.29, 1.82) is 0 Å². The van der Waals surface area contributed by atoms with Crippen LogP contribution in [0.1, 0.15) is 32.1 Å². The maximum absolute atomic E-state index is 11.9. The summed E-state index contributed by atoms with van der Waals surface area (Å²) in [4.78, 5) is 14.1. The molecule has 0 radical (unpaired) electrons. The van der Waals surface area contributed by atoms with E-state index in [2.05, 4.69) is 10.2 Å². The van der Waals surface area contributed by atoms with Crippen LogP contribution in [0.4, 0.5) is 0 Å². The second-order valence-corrected chi connectivity index (χ2v) is 6.30. The molecule has 0 atom stereocenters. The number of nitrogens with zero attached hydrogens (tertiary/aromatic N) is 1. The highest BCUT2D eigenvalue weighted by atomic mass is 35.5. The van der Waals surface area contributed by atoms with Gasteiger partial charge in [-0.05, 0) is 44.2 Å². The molecule has 1 fully saturated rings. The van der Waals surface area contributed by atoms with Gasteiger partial charge in [0.1, 0.15) is 12.4 Å². The van der Waals surface area contributed by atoms with Crippen LogP contribution in [0, 0.1) is 0 Å². The number of hydrogen-bond donors (Lipinski definition) is 1. The molecule has 1 aliphatic carbocycles. The highest BCUT2D eigenvalue weighted by molar-refractivity contribution is 6.30. The zero-order valence-corrected chi connectivity index (χ0v) is 13.9. The molecule has 0 unspecified atom stereocenters. The van der Waals surface area contributed by atoms with Gasteiger partial charge in [0.05, 0.1) is 13.1 Å². The van der Waals surface area contributed by atoms with Gasteiger partial charge >= 0.3 is 0 Å². The molecule has 1 aliphatic rings. The molecule has 122 valence electrons. The number of hydrogen-bond acceptors (Lipinski definition) is 3. The van der Waals surface area contributed by atoms with Crippen LogP contribution in [-0.2, 0) is 4.79 Å². The zero-order valence-electron chi connectivity index (χ0n) is 13.2. The normalized spacial score (nSPS) is 15.8. The Hall–Kier alpha value is -1.26. The van der Waals surface area contributed by atoms with E-state index >= 15 is 0 Å². The topological polar surface area (TPSA) is 41.6 Å². The van der Waals surface area contributed by atoms with Gasteiger partial charge in [0.2, 0.25) is 5.91 Å². The van der Waals surface area contributed by atoms with Gasteiger partial charge < -0.3 is 10.1 Å². The number of likely N-dealkylation sites (N-methyl/N-ethyl adjacent to an activating group) is 1. The lowest BCUT2D eigenvalue weighted by molar-refractivity contribution is -0.122. The van der Waals surface area contributed by atoms with Crippen LogP contribution in [-0.4, -0.2) is 43.6 Å². The standard InChI is InChI=1S/C17H25ClN2O2/c1-20(15-5-3-2-4-6-15)13-17(21)19-11-12-22-16-9-7-14(18)8-10-16/h7-10,15H,2-6,11-13H2,1H3,(H,19,21). The summed E-state index contributed by atoms with van der Waals surface area (Å²) in [6, 6.07) is 7.77. The van der Waals surface area contributed by atoms with Gasteiger partial charge in [0.15, 0.2) is 0 Å². The Morgan fingerprint density at radius 3 is 2.64 bits per heavy atom. The number of halogens is 1. The third-order valence-electron chi connectivity index (χ3n) is 4.10. The number of carbonyl (C=O) groups excluding carboxylic acids is 1. The molecule has 0 aliphatic heterocycles. The van der Waals surface area contributed by atoms with Gasteiger partial charge in [-0.1, -0.05) is 30.9 Å². The van der Waals surface area contributed by atoms with Gasteiger partial charge in [0, 0.05) is 11.1 Å². The van der Waals surface area contributed by atoms with Crippen molar-refractivity contribution in [2.45, 2.75) is 38.1 Å². The Labute approximate surface area is 137 Å². The van der Waals surface area contributed by atoms with Crippen molar-refractivity contribution < 1.29 is 9.53 Å². The van der Waals surface area contributed by atoms with Crippen LogP contribution in [0.25, 0.3) is 0 Å². The average Bonchev–Trinajstić information content (AvgIpc) is 2.54. The molecular weight excluding hydrogens is 300 g/mol. The number of ether oxygens (including phenoxy) is 1. The van der Waals surface area contributed by atoms with E-state index in [1.54, 1.807) is 12.1 Å². The second-order valence-electron chi connectivity index (χ2n) is 5.86. The van der Waals surface area contributed by atoms with E-state index in [-0.39, 0.29) is 5.91 Å². The van der Waals surface area contributed by atoms with Crippen molar-refractivity contribution >= 4 is 17.5 Å². The van der Waals surface area contributed by atoms with Crippen LogP contribution in [0.2, 0.25) is 5.02 Å². The Morgan fingerprint density at radius 1 is 1.27 bits per heavy atom. The van der Waals surface area contributed by atoms with Crippen LogP contribution in [0.5, 0.6) is 5.75 Å². The number of rotatable bonds is 7. The van der Waals surface area contributed by atoms with E-state index in [0.29, 0.717) is 30.8 Å². The van der Waals surface area contributed by atoms with Gasteiger partial charge in [0.25, 0.3) is 0 Å². The molecule has 0 heterocycles. The summed E-state index contributed by atoms with van der Waals surface area (Å²) >= 11 is 5.81. The molecule has 5 heteroatoms. The lowest BCUT2D eigenvalue weighted by atomic mass is 9.94. The van der Waals surface area contributed by atoms with Crippen LogP contribution >= 0.6 is 11.6 Å². The Morgan fingerprint density at radius 2 is 1.95 bits per heavy atom. The van der Waals surface area contributed by atoms with Crippen molar-refractivity contribution in [3.05, 3.63) is 29.3 Å². The van der Waals surface area contributed by atoms with E-state index in [9.17, 15) is 4.79 Å². The summed E-state index contributed by atoms with van der Waals surface area (Å²) in [6.07, 6.45) is 6.32. The lowest BCUT2D eigenvalue weighted by Gasteiger charge is -2.30. The van der Waals surface area contributed by atoms with Crippen LogP contribution in [0.15, 0.2) is 24.3 Å². The van der Waals surface area contributed by atoms with Crippen LogP contribution < -0.4 is 10.1 Å². The van der Waals surface area contributed by atoms with E-state index in [1.165, 1.54) is 32.1 Å². The van der Waals surface area contributed by atoms with E-state index in [4.69, 9.17) is 16.3 Å². The average molecular weight is 325 g/mol. The third-order valence-corrected chi connectivity index (χ3v) is 4.35. The minimum Gasteiger partial charge on any atom is -0.492 e. The number of nitrogens with one attached hydrogen (secondary N) is 1. The van der Waals surface area contributed by atoms with Crippen molar-refractivity contribution in [2.75, 3.05) is 26.7 Å². The monoisotopic (exact) mass is 324 g/mol. The highest BCUT2D eigenvalue weighted by Crippen LogP contribution is 2.21. The smallest absolute Gasteiger partial charge is 0.234 e. The molecule has 2 rings (SSSR count). The molecule has 0 saturated heterocycles. The number of amides is 1. The lowest BCUT2D eigenvalue weighted by Crippen LogP contribution is -2.42. The zero-order chi connectivity index (χ0) is 15.8. The minimum atomic E-state index is 0.0628. The largest absolute Gasteiger partial charge is 0.492 e. The SMILES string of the molecule is CN(CC(=O)NCCOc1ccc(Cl)cc1)C1CCCCC1. The predicted molar refractivity (Wildman–Crippen MR) is 89.5 cm³/mol. The first-order chi connectivity index (χ1) is 10.6. The van der Waals surface area contributed by atoms with E-state index in [1.807, 2.05) is 19.2 Å². The molecular formula is C17H25ClN2O2. The molecule has 1 N–H and O–H groups in total. The molecule has 0 aromatic heterocycles. The first kappa shape index (κ1) is 17.1. The minimum absolute atomic E-state index is 0.0628. The molecule has 4 nitrogen and oxygen atoms in total. The van der Waals surface area contributed by atoms with Crippen molar-refractivity contribution in [1.82, 2.24) is 10.2 Å². The third kappa shape index (κ3) is 5.85. The summed E-state index contributed by atoms with van der Waals surface area (Å²) in [5.74, 6) is 0.825. The Balaban J connectivity index is 1.60. The summed E-state index contributed by atoms with van der Waals surface area (Å²) in [7, 11) is 2.04. The van der Waals surface area contributed by atoms with Gasteiger partial charge in [-0.3, -0.25) is 9.69 Å². The molecule has 1 aromatic rings. The van der Waals surface area contributed by atoms with Gasteiger partial charge in [-0.2, -0.15) is 0 Å². The fraction of sp³-hybridized carbons (Fsp3) is 0.588. The summed E-state index contributed by atoms with van der Waals surface area (Å²) in [5, 5.41) is 3.59. The van der Waals surface area contributed by atoms with Crippen molar-refractivity contribution in [2.24, 2.45) is 0 Å². The second kappa shape index (κ2) is 9.01. The fourth-order valence-electron chi connectivity index (χ4n) is 2.82. The molecule has 1 amide bonds. The van der Waals surface area contributed by atoms with Crippen LogP contribution in [0.3, 0.4) is 0 Å². The first-order valence-electron chi connectivity index (χ1n) is 8.00. The molecule has 0 bridgehead atoms. The maximum atomic E-state index is 11.9. The van der Waals surface area contributed by atoms with E-state index < -0.39 is 0 Å². The summed E-state index contributed by atoms with van der Waals surface area (Å²) in [6.45, 7) is 1.44. The molecule has 1 saturated carbocycles. The van der Waals surface area contributed by atoms with Gasteiger partial charge in [-0.15, -0.1) is 0 Å². The van der Waals surface area contributed by atoms with Gasteiger partial charge in [-0.25, -0.2) is 0 Å². The molecule has 0 spiro atoms. The molecule has 22 heavy (non-hydrogen) atoms. The number of carbonyl (C=O) groups is 1. The van der Waals surface area contributed by atoms with Crippen molar-refractivity contribution in [3.63, 3.8) is 0 Å². The fourth-order valence-corrected chi connectivity index (χ4v) is 2.95. The predicted octanol–water partition coefficient (Wildman–Crippen LogP) is 3.10. The maximum Gasteiger partial charge on any atom is 0.234 e. The quantitative estimate of drug-likeness (QED) is 0.784. The summed E-state index contributed by atoms with van der Waals surface area (Å²) in [5.41, 5.74) is 0. The van der Waals surface area contributed by atoms with Crippen molar-refractivity contribution in [3.8, 4) is 5.75 Å². The Bertz CT molecular complexity index is 458. The van der Waals surface area contributed by atoms with E-state index in [0.717, 1.165) is 5.75 Å². The molecule has 1 aromatic carbocycles. The first-order valence-corrected chi connectivity index (χ1v) is 8.38.